The van der Waals surface area contributed by atoms with Gasteiger partial charge in [-0.15, -0.1) is 0 Å². The highest BCUT2D eigenvalue weighted by molar-refractivity contribution is 5.78. The normalized spacial score (nSPS) is 21.4. The summed E-state index contributed by atoms with van der Waals surface area (Å²) in [5, 5.41) is 4.19. The number of aromatic nitrogens is 4. The molecule has 1 saturated heterocycles. The first-order valence-corrected chi connectivity index (χ1v) is 10.4. The summed E-state index contributed by atoms with van der Waals surface area (Å²) in [5.74, 6) is 0.864. The Morgan fingerprint density at radius 1 is 1.14 bits per heavy atom. The summed E-state index contributed by atoms with van der Waals surface area (Å²) >= 11 is 0. The first-order chi connectivity index (χ1) is 13.8. The molecule has 1 aliphatic carbocycles. The number of nitrogens with zero attached hydrogens (tertiary/aromatic N) is 7. The van der Waals surface area contributed by atoms with Crippen molar-refractivity contribution >= 4 is 5.91 Å². The van der Waals surface area contributed by atoms with E-state index in [2.05, 4.69) is 24.9 Å². The molecule has 0 atom stereocenters. The average Bonchev–Trinajstić information content (AvgIpc) is 3.21. The van der Waals surface area contributed by atoms with E-state index in [0.717, 1.165) is 63.0 Å². The van der Waals surface area contributed by atoms with Crippen LogP contribution in [0.4, 0.5) is 0 Å². The molecule has 0 unspecified atom stereocenters. The Bertz CT molecular complexity index is 825. The summed E-state index contributed by atoms with van der Waals surface area (Å²) < 4.78 is 1.68. The van der Waals surface area contributed by atoms with Gasteiger partial charge in [-0.2, -0.15) is 5.10 Å². The van der Waals surface area contributed by atoms with Gasteiger partial charge in [0, 0.05) is 75.9 Å². The summed E-state index contributed by atoms with van der Waals surface area (Å²) in [7, 11) is 0. The van der Waals surface area contributed by atoms with Crippen LogP contribution in [-0.4, -0.2) is 85.7 Å². The van der Waals surface area contributed by atoms with E-state index in [-0.39, 0.29) is 5.91 Å². The van der Waals surface area contributed by atoms with E-state index in [0.29, 0.717) is 12.5 Å². The van der Waals surface area contributed by atoms with E-state index in [1.807, 2.05) is 23.4 Å². The fourth-order valence-electron chi connectivity index (χ4n) is 4.38. The van der Waals surface area contributed by atoms with Crippen LogP contribution in [0, 0.1) is 0 Å². The molecule has 8 nitrogen and oxygen atoms in total. The molecule has 2 aromatic rings. The van der Waals surface area contributed by atoms with E-state index in [4.69, 9.17) is 0 Å². The maximum absolute atomic E-state index is 12.8. The smallest absolute Gasteiger partial charge is 0.250 e. The third-order valence-corrected chi connectivity index (χ3v) is 6.33. The molecule has 4 heterocycles. The Labute approximate surface area is 165 Å². The minimum atomic E-state index is 0.255. The van der Waals surface area contributed by atoms with Crippen LogP contribution >= 0.6 is 0 Å². The lowest BCUT2D eigenvalue weighted by Crippen LogP contribution is -2.55. The molecule has 0 radical (unpaired) electrons. The van der Waals surface area contributed by atoms with Gasteiger partial charge in [-0.1, -0.05) is 6.42 Å². The molecule has 148 valence electrons. The lowest BCUT2D eigenvalue weighted by molar-refractivity contribution is -0.135. The van der Waals surface area contributed by atoms with Crippen molar-refractivity contribution in [3.63, 3.8) is 0 Å². The molecule has 2 aromatic heterocycles. The molecule has 8 heteroatoms. The largest absolute Gasteiger partial charge is 0.339 e. The number of carbonyl (C=O) groups excluding carboxylic acids is 1. The average molecular weight is 381 g/mol. The molecule has 1 saturated carbocycles. The van der Waals surface area contributed by atoms with Crippen LogP contribution in [0.15, 0.2) is 24.7 Å². The Hall–Kier alpha value is -2.32. The third-order valence-electron chi connectivity index (χ3n) is 6.33. The second-order valence-corrected chi connectivity index (χ2v) is 8.05. The second kappa shape index (κ2) is 7.60. The topological polar surface area (TPSA) is 70.4 Å². The van der Waals surface area contributed by atoms with Crippen LogP contribution in [0.2, 0.25) is 0 Å². The van der Waals surface area contributed by atoms with Crippen LogP contribution in [0.1, 0.15) is 30.5 Å². The van der Waals surface area contributed by atoms with Gasteiger partial charge in [0.1, 0.15) is 0 Å². The van der Waals surface area contributed by atoms with Crippen molar-refractivity contribution in [1.29, 1.82) is 0 Å². The van der Waals surface area contributed by atoms with Crippen LogP contribution in [0.25, 0.3) is 5.95 Å². The number of amides is 1. The maximum atomic E-state index is 12.8. The molecular weight excluding hydrogens is 354 g/mol. The van der Waals surface area contributed by atoms with Gasteiger partial charge in [0.15, 0.2) is 0 Å². The maximum Gasteiger partial charge on any atom is 0.250 e. The minimum Gasteiger partial charge on any atom is -0.339 e. The number of carbonyl (C=O) groups is 1. The Kier molecular flexibility index (Phi) is 4.82. The van der Waals surface area contributed by atoms with E-state index in [9.17, 15) is 4.79 Å². The van der Waals surface area contributed by atoms with Crippen LogP contribution in [-0.2, 0) is 17.8 Å². The van der Waals surface area contributed by atoms with Gasteiger partial charge in [-0.05, 0) is 18.9 Å². The Balaban J connectivity index is 1.16. The monoisotopic (exact) mass is 381 g/mol. The fourth-order valence-corrected chi connectivity index (χ4v) is 4.38. The summed E-state index contributed by atoms with van der Waals surface area (Å²) in [6.45, 7) is 5.89. The van der Waals surface area contributed by atoms with Gasteiger partial charge in [-0.25, -0.2) is 14.6 Å². The minimum absolute atomic E-state index is 0.255. The summed E-state index contributed by atoms with van der Waals surface area (Å²) in [5.41, 5.74) is 2.18. The number of rotatable bonds is 4. The number of hydrogen-bond donors (Lipinski definition) is 0. The summed E-state index contributed by atoms with van der Waals surface area (Å²) in [6, 6.07) is 2.64. The molecule has 0 N–H and O–H groups in total. The molecule has 0 aromatic carbocycles. The van der Waals surface area contributed by atoms with Gasteiger partial charge < -0.3 is 4.90 Å². The first-order valence-electron chi connectivity index (χ1n) is 10.4. The highest BCUT2D eigenvalue weighted by atomic mass is 16.2. The summed E-state index contributed by atoms with van der Waals surface area (Å²) in [4.78, 5) is 28.7. The van der Waals surface area contributed by atoms with E-state index < -0.39 is 0 Å². The first kappa shape index (κ1) is 17.8. The van der Waals surface area contributed by atoms with E-state index >= 15 is 0 Å². The molecular formula is C20H27N7O. The van der Waals surface area contributed by atoms with E-state index in [1.165, 1.54) is 19.3 Å². The molecule has 1 amide bonds. The molecule has 28 heavy (non-hydrogen) atoms. The van der Waals surface area contributed by atoms with Gasteiger partial charge >= 0.3 is 0 Å². The summed E-state index contributed by atoms with van der Waals surface area (Å²) in [6.07, 6.45) is 10.3. The molecule has 0 spiro atoms. The molecule has 3 aliphatic rings. The van der Waals surface area contributed by atoms with E-state index in [1.54, 1.807) is 10.9 Å². The van der Waals surface area contributed by atoms with Crippen molar-refractivity contribution < 1.29 is 4.79 Å². The van der Waals surface area contributed by atoms with Crippen molar-refractivity contribution in [2.75, 3.05) is 39.3 Å². The quantitative estimate of drug-likeness (QED) is 0.777. The molecule has 2 aliphatic heterocycles. The highest BCUT2D eigenvalue weighted by Crippen LogP contribution is 2.25. The molecule has 5 rings (SSSR count). The highest BCUT2D eigenvalue weighted by Gasteiger charge is 2.30. The number of piperazine rings is 1. The van der Waals surface area contributed by atoms with Gasteiger partial charge in [0.2, 0.25) is 5.91 Å². The van der Waals surface area contributed by atoms with Crippen molar-refractivity contribution in [2.45, 2.75) is 38.3 Å². The van der Waals surface area contributed by atoms with Crippen LogP contribution in [0.3, 0.4) is 0 Å². The van der Waals surface area contributed by atoms with Crippen molar-refractivity contribution in [2.24, 2.45) is 0 Å². The second-order valence-electron chi connectivity index (χ2n) is 8.05. The predicted molar refractivity (Wildman–Crippen MR) is 104 cm³/mol. The van der Waals surface area contributed by atoms with Gasteiger partial charge in [0.05, 0.1) is 12.2 Å². The third kappa shape index (κ3) is 3.54. The van der Waals surface area contributed by atoms with Crippen molar-refractivity contribution in [3.8, 4) is 5.95 Å². The lowest BCUT2D eigenvalue weighted by Gasteiger charge is -2.43. The zero-order chi connectivity index (χ0) is 18.9. The fraction of sp³-hybridized carbons (Fsp3) is 0.600. The molecule has 0 bridgehead atoms. The Morgan fingerprint density at radius 3 is 2.71 bits per heavy atom. The van der Waals surface area contributed by atoms with Crippen molar-refractivity contribution in [1.82, 2.24) is 34.4 Å². The predicted octanol–water partition coefficient (Wildman–Crippen LogP) is 0.717. The number of hydrogen-bond acceptors (Lipinski definition) is 6. The Morgan fingerprint density at radius 2 is 2.00 bits per heavy atom. The zero-order valence-electron chi connectivity index (χ0n) is 16.2. The standard InChI is InChI=1S/C20H27N7O/c28-19(26-11-9-25(10-12-26)17-3-1-4-17)15-24-8-5-18-16(14-24)13-21-20(23-18)27-7-2-6-22-27/h2,6-7,13,17H,1,3-5,8-12,14-15H2. The number of fused-ring (bicyclic) bond motifs is 1. The van der Waals surface area contributed by atoms with Crippen molar-refractivity contribution in [3.05, 3.63) is 35.9 Å². The SMILES string of the molecule is O=C(CN1CCc2nc(-n3cccn3)ncc2C1)N1CCN(C2CCC2)CC1. The molecule has 2 fully saturated rings. The van der Waals surface area contributed by atoms with Gasteiger partial charge in [0.25, 0.3) is 5.95 Å². The lowest BCUT2D eigenvalue weighted by atomic mass is 9.91. The van der Waals surface area contributed by atoms with Crippen LogP contribution < -0.4 is 0 Å². The van der Waals surface area contributed by atoms with Crippen LogP contribution in [0.5, 0.6) is 0 Å². The van der Waals surface area contributed by atoms with Gasteiger partial charge in [-0.3, -0.25) is 14.6 Å². The zero-order valence-corrected chi connectivity index (χ0v) is 16.2.